The second-order valence-electron chi connectivity index (χ2n) is 6.31. The Kier molecular flexibility index (Phi) is 3.17. The van der Waals surface area contributed by atoms with Crippen LogP contribution in [0.25, 0.3) is 0 Å². The van der Waals surface area contributed by atoms with E-state index in [0.29, 0.717) is 6.79 Å². The molecule has 1 aliphatic heterocycles. The van der Waals surface area contributed by atoms with E-state index in [9.17, 15) is 0 Å². The van der Waals surface area contributed by atoms with Crippen LogP contribution in [0.3, 0.4) is 0 Å². The van der Waals surface area contributed by atoms with Crippen LogP contribution in [0.1, 0.15) is 37.5 Å². The summed E-state index contributed by atoms with van der Waals surface area (Å²) in [5, 5.41) is 0. The summed E-state index contributed by atoms with van der Waals surface area (Å²) in [6, 6.07) is 15.0. The zero-order chi connectivity index (χ0) is 14.2. The Bertz CT molecular complexity index is 606. The van der Waals surface area contributed by atoms with Crippen molar-refractivity contribution in [1.82, 2.24) is 0 Å². The predicted octanol–water partition coefficient (Wildman–Crippen LogP) is 4.30. The van der Waals surface area contributed by atoms with E-state index in [1.54, 1.807) is 0 Å². The summed E-state index contributed by atoms with van der Waals surface area (Å²) in [5.74, 6) is 1.70. The Hall–Kier alpha value is -1.96. The molecule has 3 rings (SSSR count). The van der Waals surface area contributed by atoms with E-state index in [0.717, 1.165) is 17.9 Å². The summed E-state index contributed by atoms with van der Waals surface area (Å²) in [7, 11) is 0. The number of fused-ring (bicyclic) bond motifs is 1. The molecule has 0 amide bonds. The second-order valence-corrected chi connectivity index (χ2v) is 6.31. The molecule has 2 aromatic rings. The number of benzene rings is 2. The van der Waals surface area contributed by atoms with Gasteiger partial charge in [0.05, 0.1) is 0 Å². The Labute approximate surface area is 120 Å². The minimum atomic E-state index is 0.206. The van der Waals surface area contributed by atoms with Gasteiger partial charge in [-0.2, -0.15) is 0 Å². The number of hydrogen-bond donors (Lipinski definition) is 0. The average molecular weight is 268 g/mol. The fraction of sp³-hybridized carbons (Fsp3) is 0.333. The minimum absolute atomic E-state index is 0.206. The molecule has 104 valence electrons. The highest BCUT2D eigenvalue weighted by Gasteiger charge is 2.14. The monoisotopic (exact) mass is 268 g/mol. The summed E-state index contributed by atoms with van der Waals surface area (Å²) in [6.45, 7) is 7.04. The van der Waals surface area contributed by atoms with Crippen LogP contribution in [0.15, 0.2) is 42.5 Å². The normalized spacial score (nSPS) is 13.6. The molecule has 0 bridgehead atoms. The smallest absolute Gasteiger partial charge is 0.231 e. The van der Waals surface area contributed by atoms with Crippen molar-refractivity contribution in [2.75, 3.05) is 6.79 Å². The van der Waals surface area contributed by atoms with Gasteiger partial charge in [-0.25, -0.2) is 0 Å². The van der Waals surface area contributed by atoms with E-state index in [4.69, 9.17) is 9.47 Å². The molecule has 2 nitrogen and oxygen atoms in total. The van der Waals surface area contributed by atoms with Crippen molar-refractivity contribution in [2.24, 2.45) is 0 Å². The maximum Gasteiger partial charge on any atom is 0.231 e. The van der Waals surface area contributed by atoms with Crippen LogP contribution in [-0.2, 0) is 11.8 Å². The fourth-order valence-electron chi connectivity index (χ4n) is 2.41. The van der Waals surface area contributed by atoms with Crippen molar-refractivity contribution in [1.29, 1.82) is 0 Å². The van der Waals surface area contributed by atoms with Crippen LogP contribution < -0.4 is 9.47 Å². The van der Waals surface area contributed by atoms with Gasteiger partial charge in [-0.15, -0.1) is 0 Å². The van der Waals surface area contributed by atoms with Crippen LogP contribution in [-0.4, -0.2) is 6.79 Å². The first kappa shape index (κ1) is 13.0. The van der Waals surface area contributed by atoms with Gasteiger partial charge in [0, 0.05) is 0 Å². The van der Waals surface area contributed by atoms with E-state index >= 15 is 0 Å². The third-order valence-electron chi connectivity index (χ3n) is 3.67. The number of hydrogen-bond acceptors (Lipinski definition) is 2. The molecule has 0 radical (unpaired) electrons. The molecule has 20 heavy (non-hydrogen) atoms. The lowest BCUT2D eigenvalue weighted by molar-refractivity contribution is 0.174. The van der Waals surface area contributed by atoms with Crippen molar-refractivity contribution in [3.63, 3.8) is 0 Å². The molecule has 0 saturated carbocycles. The molecule has 0 aliphatic carbocycles. The lowest BCUT2D eigenvalue weighted by Gasteiger charge is -2.19. The summed E-state index contributed by atoms with van der Waals surface area (Å²) in [6.07, 6.45) is 0.918. The summed E-state index contributed by atoms with van der Waals surface area (Å²) in [5.41, 5.74) is 4.14. The highest BCUT2D eigenvalue weighted by atomic mass is 16.7. The molecule has 0 N–H and O–H groups in total. The Morgan fingerprint density at radius 1 is 0.850 bits per heavy atom. The maximum absolute atomic E-state index is 5.42. The predicted molar refractivity (Wildman–Crippen MR) is 80.5 cm³/mol. The van der Waals surface area contributed by atoms with Gasteiger partial charge in [-0.1, -0.05) is 51.1 Å². The highest BCUT2D eigenvalue weighted by Crippen LogP contribution is 2.33. The first-order valence-electron chi connectivity index (χ1n) is 7.00. The minimum Gasteiger partial charge on any atom is -0.454 e. The zero-order valence-electron chi connectivity index (χ0n) is 12.3. The SMILES string of the molecule is CC(C)(C)c1ccc(Cc2ccc3c(c2)OCO3)cc1. The van der Waals surface area contributed by atoms with Crippen LogP contribution >= 0.6 is 0 Å². The van der Waals surface area contributed by atoms with Crippen LogP contribution in [0.4, 0.5) is 0 Å². The molecule has 1 aliphatic rings. The highest BCUT2D eigenvalue weighted by molar-refractivity contribution is 5.45. The molecule has 0 saturated heterocycles. The molecular formula is C18H20O2. The van der Waals surface area contributed by atoms with Gasteiger partial charge < -0.3 is 9.47 Å². The Morgan fingerprint density at radius 2 is 1.50 bits per heavy atom. The largest absolute Gasteiger partial charge is 0.454 e. The van der Waals surface area contributed by atoms with Crippen molar-refractivity contribution >= 4 is 0 Å². The van der Waals surface area contributed by atoms with E-state index in [-0.39, 0.29) is 5.41 Å². The van der Waals surface area contributed by atoms with Crippen molar-refractivity contribution < 1.29 is 9.47 Å². The van der Waals surface area contributed by atoms with Crippen LogP contribution in [0, 0.1) is 0 Å². The van der Waals surface area contributed by atoms with Gasteiger partial charge in [0.1, 0.15) is 0 Å². The maximum atomic E-state index is 5.42. The molecular weight excluding hydrogens is 248 g/mol. The summed E-state index contributed by atoms with van der Waals surface area (Å²) >= 11 is 0. The van der Waals surface area contributed by atoms with E-state index in [1.165, 1.54) is 16.7 Å². The molecule has 2 heteroatoms. The van der Waals surface area contributed by atoms with Crippen LogP contribution in [0.2, 0.25) is 0 Å². The average Bonchev–Trinajstić information content (AvgIpc) is 2.86. The van der Waals surface area contributed by atoms with Crippen molar-refractivity contribution in [2.45, 2.75) is 32.6 Å². The topological polar surface area (TPSA) is 18.5 Å². The van der Waals surface area contributed by atoms with E-state index in [2.05, 4.69) is 57.2 Å². The molecule has 1 heterocycles. The molecule has 2 aromatic carbocycles. The van der Waals surface area contributed by atoms with Gasteiger partial charge in [0.2, 0.25) is 6.79 Å². The first-order chi connectivity index (χ1) is 9.52. The van der Waals surface area contributed by atoms with Gasteiger partial charge in [0.15, 0.2) is 11.5 Å². The molecule has 0 atom stereocenters. The van der Waals surface area contributed by atoms with Crippen molar-refractivity contribution in [3.05, 3.63) is 59.2 Å². The zero-order valence-corrected chi connectivity index (χ0v) is 12.3. The third-order valence-corrected chi connectivity index (χ3v) is 3.67. The number of rotatable bonds is 2. The van der Waals surface area contributed by atoms with Crippen molar-refractivity contribution in [3.8, 4) is 11.5 Å². The Morgan fingerprint density at radius 3 is 2.20 bits per heavy atom. The van der Waals surface area contributed by atoms with E-state index < -0.39 is 0 Å². The molecule has 0 spiro atoms. The molecule has 0 unspecified atom stereocenters. The molecule has 0 aromatic heterocycles. The van der Waals surface area contributed by atoms with E-state index in [1.807, 2.05) is 6.07 Å². The fourth-order valence-corrected chi connectivity index (χ4v) is 2.41. The lowest BCUT2D eigenvalue weighted by atomic mass is 9.86. The second kappa shape index (κ2) is 4.86. The first-order valence-corrected chi connectivity index (χ1v) is 7.00. The van der Waals surface area contributed by atoms with Gasteiger partial charge in [-0.05, 0) is 40.7 Å². The molecule has 0 fully saturated rings. The van der Waals surface area contributed by atoms with Gasteiger partial charge in [0.25, 0.3) is 0 Å². The standard InChI is InChI=1S/C18H20O2/c1-18(2,3)15-7-4-13(5-8-15)10-14-6-9-16-17(11-14)20-12-19-16/h4-9,11H,10,12H2,1-3H3. The number of ether oxygens (including phenoxy) is 2. The van der Waals surface area contributed by atoms with Crippen LogP contribution in [0.5, 0.6) is 11.5 Å². The summed E-state index contributed by atoms with van der Waals surface area (Å²) in [4.78, 5) is 0. The van der Waals surface area contributed by atoms with Gasteiger partial charge in [-0.3, -0.25) is 0 Å². The quantitative estimate of drug-likeness (QED) is 0.808. The lowest BCUT2D eigenvalue weighted by Crippen LogP contribution is -2.10. The van der Waals surface area contributed by atoms with Gasteiger partial charge >= 0.3 is 0 Å². The third kappa shape index (κ3) is 2.64. The summed E-state index contributed by atoms with van der Waals surface area (Å²) < 4.78 is 10.8. The Balaban J connectivity index is 1.78.